The van der Waals surface area contributed by atoms with Gasteiger partial charge in [-0.15, -0.1) is 0 Å². The van der Waals surface area contributed by atoms with Crippen molar-refractivity contribution in [2.24, 2.45) is 11.8 Å². The molecule has 0 radical (unpaired) electrons. The van der Waals surface area contributed by atoms with Crippen molar-refractivity contribution in [2.75, 3.05) is 24.3 Å². The van der Waals surface area contributed by atoms with Crippen molar-refractivity contribution >= 4 is 11.4 Å². The van der Waals surface area contributed by atoms with Gasteiger partial charge in [0.2, 0.25) is 0 Å². The topological polar surface area (TPSA) is 15.3 Å². The molecule has 1 aliphatic carbocycles. The Balaban J connectivity index is 1.90. The zero-order valence-electron chi connectivity index (χ0n) is 11.4. The number of nitrogens with one attached hydrogen (secondary N) is 1. The van der Waals surface area contributed by atoms with Crippen LogP contribution < -0.4 is 10.2 Å². The first-order valence-electron chi connectivity index (χ1n) is 6.60. The number of rotatable bonds is 4. The average Bonchev–Trinajstić information content (AvgIpc) is 2.22. The molecule has 94 valence electrons. The van der Waals surface area contributed by atoms with Crippen molar-refractivity contribution in [1.82, 2.24) is 0 Å². The molecule has 1 N–H and O–H groups in total. The fourth-order valence-electron chi connectivity index (χ4n) is 2.43. The Kier molecular flexibility index (Phi) is 3.60. The van der Waals surface area contributed by atoms with E-state index in [1.54, 1.807) is 0 Å². The highest BCUT2D eigenvalue weighted by Gasteiger charge is 2.30. The van der Waals surface area contributed by atoms with Gasteiger partial charge in [-0.05, 0) is 42.9 Å². The van der Waals surface area contributed by atoms with E-state index in [1.807, 2.05) is 0 Å². The minimum Gasteiger partial charge on any atom is -0.382 e. The average molecular weight is 232 g/mol. The molecule has 1 saturated carbocycles. The maximum absolute atomic E-state index is 3.63. The molecule has 1 aromatic rings. The first kappa shape index (κ1) is 12.3. The van der Waals surface area contributed by atoms with Crippen LogP contribution in [0.15, 0.2) is 24.3 Å². The second-order valence-corrected chi connectivity index (χ2v) is 5.76. The summed E-state index contributed by atoms with van der Waals surface area (Å²) < 4.78 is 0. The Labute approximate surface area is 105 Å². The van der Waals surface area contributed by atoms with Crippen molar-refractivity contribution in [3.8, 4) is 0 Å². The van der Waals surface area contributed by atoms with Crippen LogP contribution in [0.25, 0.3) is 0 Å². The molecule has 0 unspecified atom stereocenters. The maximum Gasteiger partial charge on any atom is 0.0381 e. The summed E-state index contributed by atoms with van der Waals surface area (Å²) in [6.45, 7) is 4.65. The molecule has 1 fully saturated rings. The monoisotopic (exact) mass is 232 g/mol. The molecule has 2 heteroatoms. The third kappa shape index (κ3) is 2.93. The van der Waals surface area contributed by atoms with Gasteiger partial charge in [-0.3, -0.25) is 0 Å². The van der Waals surface area contributed by atoms with Crippen LogP contribution in [0, 0.1) is 11.8 Å². The van der Waals surface area contributed by atoms with Crippen LogP contribution in [0.1, 0.15) is 26.7 Å². The van der Waals surface area contributed by atoms with Gasteiger partial charge < -0.3 is 10.2 Å². The second kappa shape index (κ2) is 4.99. The minimum absolute atomic E-state index is 0.680. The van der Waals surface area contributed by atoms with Crippen LogP contribution in [0.2, 0.25) is 0 Å². The molecule has 2 rings (SSSR count). The lowest BCUT2D eigenvalue weighted by Crippen LogP contribution is -2.37. The lowest BCUT2D eigenvalue weighted by Gasteiger charge is -2.39. The predicted octanol–water partition coefficient (Wildman–Crippen LogP) is 3.60. The minimum atomic E-state index is 0.680. The van der Waals surface area contributed by atoms with E-state index in [0.717, 1.165) is 11.8 Å². The highest BCUT2D eigenvalue weighted by atomic mass is 15.1. The molecule has 0 aliphatic heterocycles. The number of benzene rings is 1. The molecule has 0 bridgehead atoms. The van der Waals surface area contributed by atoms with Gasteiger partial charge in [0.1, 0.15) is 0 Å². The fraction of sp³-hybridized carbons (Fsp3) is 0.600. The molecule has 1 aromatic carbocycles. The van der Waals surface area contributed by atoms with Crippen LogP contribution >= 0.6 is 0 Å². The zero-order valence-corrected chi connectivity index (χ0v) is 11.4. The van der Waals surface area contributed by atoms with Crippen LogP contribution in [-0.4, -0.2) is 20.1 Å². The Morgan fingerprint density at radius 2 is 1.94 bits per heavy atom. The van der Waals surface area contributed by atoms with Crippen LogP contribution in [-0.2, 0) is 0 Å². The van der Waals surface area contributed by atoms with Gasteiger partial charge in [0.05, 0.1) is 0 Å². The smallest absolute Gasteiger partial charge is 0.0381 e. The summed E-state index contributed by atoms with van der Waals surface area (Å²) in [5.74, 6) is 1.76. The maximum atomic E-state index is 3.63. The van der Waals surface area contributed by atoms with E-state index in [-0.39, 0.29) is 0 Å². The summed E-state index contributed by atoms with van der Waals surface area (Å²) in [6, 6.07) is 9.33. The molecule has 0 heterocycles. The van der Waals surface area contributed by atoms with Gasteiger partial charge in [-0.2, -0.15) is 0 Å². The normalized spacial score (nSPS) is 23.4. The highest BCUT2D eigenvalue weighted by molar-refractivity contribution is 5.57. The SMILES string of the molecule is CC(C)C1CC(Nc2cccc(N(C)C)c2)C1. The molecule has 0 spiro atoms. The zero-order chi connectivity index (χ0) is 12.4. The molecule has 2 nitrogen and oxygen atoms in total. The van der Waals surface area contributed by atoms with Crippen molar-refractivity contribution in [3.63, 3.8) is 0 Å². The van der Waals surface area contributed by atoms with Crippen LogP contribution in [0.4, 0.5) is 11.4 Å². The lowest BCUT2D eigenvalue weighted by molar-refractivity contribution is 0.212. The van der Waals surface area contributed by atoms with E-state index in [2.05, 4.69) is 62.4 Å². The first-order chi connectivity index (χ1) is 8.06. The summed E-state index contributed by atoms with van der Waals surface area (Å²) in [5.41, 5.74) is 2.51. The van der Waals surface area contributed by atoms with Gasteiger partial charge in [0.25, 0.3) is 0 Å². The fourth-order valence-corrected chi connectivity index (χ4v) is 2.43. The Bertz CT molecular complexity index is 365. The first-order valence-corrected chi connectivity index (χ1v) is 6.60. The van der Waals surface area contributed by atoms with E-state index in [1.165, 1.54) is 24.2 Å². The Morgan fingerprint density at radius 1 is 1.24 bits per heavy atom. The van der Waals surface area contributed by atoms with Gasteiger partial charge in [-0.1, -0.05) is 19.9 Å². The third-order valence-electron chi connectivity index (χ3n) is 3.85. The molecular weight excluding hydrogens is 208 g/mol. The van der Waals surface area contributed by atoms with Crippen LogP contribution in [0.3, 0.4) is 0 Å². The Morgan fingerprint density at radius 3 is 2.53 bits per heavy atom. The molecule has 17 heavy (non-hydrogen) atoms. The third-order valence-corrected chi connectivity index (χ3v) is 3.85. The standard InChI is InChI=1S/C15H24N2/c1-11(2)12-8-14(9-12)16-13-6-5-7-15(10-13)17(3)4/h5-7,10-12,14,16H,8-9H2,1-4H3. The van der Waals surface area contributed by atoms with Crippen molar-refractivity contribution in [1.29, 1.82) is 0 Å². The summed E-state index contributed by atoms with van der Waals surface area (Å²) in [6.07, 6.45) is 2.65. The van der Waals surface area contributed by atoms with E-state index >= 15 is 0 Å². The molecule has 0 saturated heterocycles. The second-order valence-electron chi connectivity index (χ2n) is 5.76. The predicted molar refractivity (Wildman–Crippen MR) is 75.7 cm³/mol. The van der Waals surface area contributed by atoms with E-state index in [0.29, 0.717) is 6.04 Å². The summed E-state index contributed by atoms with van der Waals surface area (Å²) in [5, 5.41) is 3.63. The lowest BCUT2D eigenvalue weighted by atomic mass is 9.73. The largest absolute Gasteiger partial charge is 0.382 e. The number of hydrogen-bond donors (Lipinski definition) is 1. The number of anilines is 2. The number of hydrogen-bond acceptors (Lipinski definition) is 2. The van der Waals surface area contributed by atoms with Crippen molar-refractivity contribution < 1.29 is 0 Å². The Hall–Kier alpha value is -1.18. The van der Waals surface area contributed by atoms with E-state index in [9.17, 15) is 0 Å². The molecule has 1 aliphatic rings. The van der Waals surface area contributed by atoms with Crippen molar-refractivity contribution in [2.45, 2.75) is 32.7 Å². The molecule has 0 aromatic heterocycles. The van der Waals surface area contributed by atoms with Crippen molar-refractivity contribution in [3.05, 3.63) is 24.3 Å². The van der Waals surface area contributed by atoms with Crippen LogP contribution in [0.5, 0.6) is 0 Å². The summed E-state index contributed by atoms with van der Waals surface area (Å²) in [4.78, 5) is 2.14. The van der Waals surface area contributed by atoms with Gasteiger partial charge in [0.15, 0.2) is 0 Å². The molecular formula is C15H24N2. The van der Waals surface area contributed by atoms with Gasteiger partial charge in [0, 0.05) is 31.5 Å². The quantitative estimate of drug-likeness (QED) is 0.853. The van der Waals surface area contributed by atoms with E-state index in [4.69, 9.17) is 0 Å². The van der Waals surface area contributed by atoms with Gasteiger partial charge >= 0.3 is 0 Å². The highest BCUT2D eigenvalue weighted by Crippen LogP contribution is 2.35. The molecule has 0 atom stereocenters. The summed E-state index contributed by atoms with van der Waals surface area (Å²) >= 11 is 0. The van der Waals surface area contributed by atoms with Gasteiger partial charge in [-0.25, -0.2) is 0 Å². The van der Waals surface area contributed by atoms with E-state index < -0.39 is 0 Å². The summed E-state index contributed by atoms with van der Waals surface area (Å²) in [7, 11) is 4.16. The number of nitrogens with zero attached hydrogens (tertiary/aromatic N) is 1. The molecule has 0 amide bonds.